The molecule has 1 atom stereocenters. The van der Waals surface area contributed by atoms with E-state index in [0.717, 1.165) is 6.54 Å². The number of fused-ring (bicyclic) bond motifs is 1. The van der Waals surface area contributed by atoms with E-state index in [9.17, 15) is 14.4 Å². The third kappa shape index (κ3) is 1.90. The molecule has 0 bridgehead atoms. The maximum absolute atomic E-state index is 12.0. The Labute approximate surface area is 109 Å². The van der Waals surface area contributed by atoms with Crippen LogP contribution < -0.4 is 5.32 Å². The van der Waals surface area contributed by atoms with Crippen LogP contribution >= 0.6 is 0 Å². The lowest BCUT2D eigenvalue weighted by atomic mass is 10.1. The van der Waals surface area contributed by atoms with Crippen LogP contribution in [0.2, 0.25) is 0 Å². The van der Waals surface area contributed by atoms with E-state index < -0.39 is 17.8 Å². The molecule has 6 nitrogen and oxygen atoms in total. The number of rotatable bonds is 2. The average molecular weight is 260 g/mol. The van der Waals surface area contributed by atoms with Crippen LogP contribution in [0.5, 0.6) is 0 Å². The fourth-order valence-electron chi connectivity index (χ4n) is 2.27. The summed E-state index contributed by atoms with van der Waals surface area (Å²) >= 11 is 0. The maximum Gasteiger partial charge on any atom is 0.337 e. The van der Waals surface area contributed by atoms with Gasteiger partial charge in [-0.05, 0) is 25.1 Å². The molecule has 98 valence electrons. The molecule has 2 aliphatic heterocycles. The molecule has 1 aromatic rings. The standard InChI is InChI=1S/C13H12N2O4/c16-11-9-3-1-2-4-10(9)12(17)15(11)19-13(18)8-5-6-14-7-8/h1-4,8,14H,5-7H2/t8-/m1/s1. The Kier molecular flexibility index (Phi) is 2.79. The second kappa shape index (κ2) is 4.47. The number of amides is 2. The van der Waals surface area contributed by atoms with Gasteiger partial charge in [-0.25, -0.2) is 4.79 Å². The second-order valence-electron chi connectivity index (χ2n) is 4.55. The zero-order valence-corrected chi connectivity index (χ0v) is 10.1. The Morgan fingerprint density at radius 3 is 2.37 bits per heavy atom. The molecule has 2 amide bonds. The van der Waals surface area contributed by atoms with Gasteiger partial charge < -0.3 is 10.2 Å². The van der Waals surface area contributed by atoms with Crippen molar-refractivity contribution in [3.63, 3.8) is 0 Å². The van der Waals surface area contributed by atoms with Crippen LogP contribution in [-0.4, -0.2) is 35.9 Å². The Morgan fingerprint density at radius 1 is 1.21 bits per heavy atom. The molecule has 0 spiro atoms. The molecule has 1 N–H and O–H groups in total. The van der Waals surface area contributed by atoms with E-state index in [2.05, 4.69) is 5.32 Å². The highest BCUT2D eigenvalue weighted by Crippen LogP contribution is 2.23. The summed E-state index contributed by atoms with van der Waals surface area (Å²) in [6.45, 7) is 1.25. The summed E-state index contributed by atoms with van der Waals surface area (Å²) in [6.07, 6.45) is 0.655. The van der Waals surface area contributed by atoms with Crippen molar-refractivity contribution in [3.8, 4) is 0 Å². The SMILES string of the molecule is O=C(ON1C(=O)c2ccccc2C1=O)[C@@H]1CCNC1. The summed E-state index contributed by atoms with van der Waals surface area (Å²) in [6, 6.07) is 6.41. The first-order valence-electron chi connectivity index (χ1n) is 6.09. The lowest BCUT2D eigenvalue weighted by Gasteiger charge is -2.15. The first-order valence-corrected chi connectivity index (χ1v) is 6.09. The Morgan fingerprint density at radius 2 is 1.84 bits per heavy atom. The number of hydrogen-bond donors (Lipinski definition) is 1. The van der Waals surface area contributed by atoms with E-state index in [4.69, 9.17) is 4.84 Å². The third-order valence-corrected chi connectivity index (χ3v) is 3.33. The van der Waals surface area contributed by atoms with Gasteiger partial charge in [-0.2, -0.15) is 0 Å². The van der Waals surface area contributed by atoms with Crippen molar-refractivity contribution in [2.45, 2.75) is 6.42 Å². The van der Waals surface area contributed by atoms with Crippen LogP contribution in [0.25, 0.3) is 0 Å². The largest absolute Gasteiger partial charge is 0.337 e. The highest BCUT2D eigenvalue weighted by atomic mass is 16.7. The highest BCUT2D eigenvalue weighted by molar-refractivity contribution is 6.20. The van der Waals surface area contributed by atoms with E-state index in [1.807, 2.05) is 0 Å². The van der Waals surface area contributed by atoms with Crippen molar-refractivity contribution >= 4 is 17.8 Å². The zero-order chi connectivity index (χ0) is 13.4. The van der Waals surface area contributed by atoms with Gasteiger partial charge in [-0.3, -0.25) is 9.59 Å². The maximum atomic E-state index is 12.0. The van der Waals surface area contributed by atoms with Crippen LogP contribution in [0.4, 0.5) is 0 Å². The van der Waals surface area contributed by atoms with E-state index in [1.165, 1.54) is 0 Å². The molecule has 0 aromatic heterocycles. The minimum atomic E-state index is -0.583. The third-order valence-electron chi connectivity index (χ3n) is 3.33. The first-order chi connectivity index (χ1) is 9.18. The van der Waals surface area contributed by atoms with Crippen LogP contribution in [0, 0.1) is 5.92 Å². The fourth-order valence-corrected chi connectivity index (χ4v) is 2.27. The van der Waals surface area contributed by atoms with E-state index in [0.29, 0.717) is 18.0 Å². The minimum absolute atomic E-state index is 0.268. The highest BCUT2D eigenvalue weighted by Gasteiger charge is 2.39. The van der Waals surface area contributed by atoms with Crippen LogP contribution in [0.1, 0.15) is 27.1 Å². The second-order valence-corrected chi connectivity index (χ2v) is 4.55. The lowest BCUT2D eigenvalue weighted by Crippen LogP contribution is -2.35. The van der Waals surface area contributed by atoms with Crippen molar-refractivity contribution in [3.05, 3.63) is 35.4 Å². The molecule has 0 aliphatic carbocycles. The van der Waals surface area contributed by atoms with Crippen molar-refractivity contribution in [1.82, 2.24) is 10.4 Å². The smallest absolute Gasteiger partial charge is 0.329 e. The molecular formula is C13H12N2O4. The van der Waals surface area contributed by atoms with E-state index in [1.54, 1.807) is 24.3 Å². The molecule has 0 saturated carbocycles. The van der Waals surface area contributed by atoms with Gasteiger partial charge in [0.05, 0.1) is 17.0 Å². The van der Waals surface area contributed by atoms with Gasteiger partial charge in [0, 0.05) is 6.54 Å². The molecule has 1 fully saturated rings. The summed E-state index contributed by atoms with van der Waals surface area (Å²) in [5.74, 6) is -2.01. The number of nitrogens with one attached hydrogen (secondary N) is 1. The molecule has 19 heavy (non-hydrogen) atoms. The quantitative estimate of drug-likeness (QED) is 0.776. The minimum Gasteiger partial charge on any atom is -0.329 e. The molecule has 2 heterocycles. The Hall–Kier alpha value is -2.21. The predicted molar refractivity (Wildman–Crippen MR) is 64.0 cm³/mol. The summed E-state index contributed by atoms with van der Waals surface area (Å²) < 4.78 is 0. The molecule has 2 aliphatic rings. The Balaban J connectivity index is 1.78. The lowest BCUT2D eigenvalue weighted by molar-refractivity contribution is -0.172. The number of carbonyl (C=O) groups is 3. The summed E-state index contributed by atoms with van der Waals surface area (Å²) in [7, 11) is 0. The summed E-state index contributed by atoms with van der Waals surface area (Å²) in [4.78, 5) is 40.7. The van der Waals surface area contributed by atoms with Gasteiger partial charge in [0.2, 0.25) is 0 Å². The van der Waals surface area contributed by atoms with E-state index >= 15 is 0 Å². The average Bonchev–Trinajstić information content (AvgIpc) is 3.03. The van der Waals surface area contributed by atoms with Crippen molar-refractivity contribution in [2.75, 3.05) is 13.1 Å². The van der Waals surface area contributed by atoms with E-state index in [-0.39, 0.29) is 17.0 Å². The number of carbonyl (C=O) groups excluding carboxylic acids is 3. The molecular weight excluding hydrogens is 248 g/mol. The molecule has 6 heteroatoms. The van der Waals surface area contributed by atoms with Crippen molar-refractivity contribution in [2.24, 2.45) is 5.92 Å². The van der Waals surface area contributed by atoms with Crippen LogP contribution in [0.3, 0.4) is 0 Å². The van der Waals surface area contributed by atoms with Crippen molar-refractivity contribution in [1.29, 1.82) is 0 Å². The molecule has 1 aromatic carbocycles. The fraction of sp³-hybridized carbons (Fsp3) is 0.308. The molecule has 0 unspecified atom stereocenters. The van der Waals surface area contributed by atoms with Gasteiger partial charge in [0.15, 0.2) is 0 Å². The number of benzene rings is 1. The van der Waals surface area contributed by atoms with Gasteiger partial charge >= 0.3 is 5.97 Å². The number of nitrogens with zero attached hydrogens (tertiary/aromatic N) is 1. The topological polar surface area (TPSA) is 75.7 Å². The predicted octanol–water partition coefficient (Wildman–Crippen LogP) is 0.350. The molecule has 3 rings (SSSR count). The number of hydroxylamine groups is 2. The number of imide groups is 1. The van der Waals surface area contributed by atoms with Gasteiger partial charge in [-0.15, -0.1) is 0 Å². The normalized spacial score (nSPS) is 21.7. The van der Waals surface area contributed by atoms with Gasteiger partial charge in [0.25, 0.3) is 11.8 Å². The molecule has 1 saturated heterocycles. The van der Waals surface area contributed by atoms with Gasteiger partial charge in [-0.1, -0.05) is 17.2 Å². The van der Waals surface area contributed by atoms with Crippen LogP contribution in [0.15, 0.2) is 24.3 Å². The van der Waals surface area contributed by atoms with Gasteiger partial charge in [0.1, 0.15) is 0 Å². The molecule has 0 radical (unpaired) electrons. The number of hydrogen-bond acceptors (Lipinski definition) is 5. The summed E-state index contributed by atoms with van der Waals surface area (Å²) in [5, 5.41) is 3.59. The Bertz CT molecular complexity index is 529. The van der Waals surface area contributed by atoms with Crippen LogP contribution in [-0.2, 0) is 9.63 Å². The first kappa shape index (κ1) is 11.9. The van der Waals surface area contributed by atoms with Crippen molar-refractivity contribution < 1.29 is 19.2 Å². The monoisotopic (exact) mass is 260 g/mol. The zero-order valence-electron chi connectivity index (χ0n) is 10.1. The summed E-state index contributed by atoms with van der Waals surface area (Å²) in [5.41, 5.74) is 0.537.